The van der Waals surface area contributed by atoms with Gasteiger partial charge in [-0.2, -0.15) is 0 Å². The lowest BCUT2D eigenvalue weighted by molar-refractivity contribution is 0.0696. The van der Waals surface area contributed by atoms with Crippen molar-refractivity contribution in [3.8, 4) is 0 Å². The Bertz CT molecular complexity index is 372. The summed E-state index contributed by atoms with van der Waals surface area (Å²) in [5, 5.41) is 0. The number of alkyl halides is 2. The predicted octanol–water partition coefficient (Wildman–Crippen LogP) is 2.70. The maximum absolute atomic E-state index is 13.2. The lowest BCUT2D eigenvalue weighted by Gasteiger charge is -2.32. The molecule has 2 rings (SSSR count). The molecule has 1 unspecified atom stereocenters. The van der Waals surface area contributed by atoms with E-state index in [2.05, 4.69) is 0 Å². The molecule has 0 aromatic heterocycles. The summed E-state index contributed by atoms with van der Waals surface area (Å²) in [4.78, 5) is 0. The van der Waals surface area contributed by atoms with E-state index in [9.17, 15) is 8.78 Å². The second-order valence-corrected chi connectivity index (χ2v) is 4.84. The van der Waals surface area contributed by atoms with Crippen molar-refractivity contribution in [2.24, 2.45) is 5.73 Å². The average Bonchev–Trinajstić information content (AvgIpc) is 2.69. The summed E-state index contributed by atoms with van der Waals surface area (Å²) in [6, 6.07) is 9.27. The molecule has 1 nitrogen and oxygen atoms in total. The highest BCUT2D eigenvalue weighted by molar-refractivity contribution is 5.37. The molecule has 1 aliphatic carbocycles. The van der Waals surface area contributed by atoms with Gasteiger partial charge in [0.25, 0.3) is 5.92 Å². The van der Waals surface area contributed by atoms with Crippen LogP contribution in [0.1, 0.15) is 25.8 Å². The summed E-state index contributed by atoms with van der Waals surface area (Å²) in [6.45, 7) is 3.56. The van der Waals surface area contributed by atoms with Crippen molar-refractivity contribution in [2.45, 2.75) is 37.1 Å². The summed E-state index contributed by atoms with van der Waals surface area (Å²) in [5.41, 5.74) is 4.57. The van der Waals surface area contributed by atoms with Crippen LogP contribution in [0, 0.1) is 0 Å². The third kappa shape index (κ3) is 1.29. The van der Waals surface area contributed by atoms with Gasteiger partial charge < -0.3 is 5.73 Å². The van der Waals surface area contributed by atoms with Gasteiger partial charge in [0.2, 0.25) is 0 Å². The van der Waals surface area contributed by atoms with E-state index in [0.717, 1.165) is 5.56 Å². The molecule has 1 aromatic carbocycles. The Balaban J connectivity index is 2.38. The van der Waals surface area contributed by atoms with E-state index >= 15 is 0 Å². The number of hydrogen-bond acceptors (Lipinski definition) is 1. The predicted molar refractivity (Wildman–Crippen MR) is 56.0 cm³/mol. The van der Waals surface area contributed by atoms with E-state index in [1.165, 1.54) is 0 Å². The van der Waals surface area contributed by atoms with Crippen LogP contribution in [0.3, 0.4) is 0 Å². The first-order valence-electron chi connectivity index (χ1n) is 5.03. The number of hydrogen-bond donors (Lipinski definition) is 1. The van der Waals surface area contributed by atoms with E-state index in [0.29, 0.717) is 0 Å². The lowest BCUT2D eigenvalue weighted by Crippen LogP contribution is -2.48. The van der Waals surface area contributed by atoms with Crippen LogP contribution in [-0.4, -0.2) is 11.5 Å². The first-order valence-corrected chi connectivity index (χ1v) is 5.03. The van der Waals surface area contributed by atoms with Gasteiger partial charge in [-0.1, -0.05) is 44.2 Å². The molecular formula is C12H15F2N. The van der Waals surface area contributed by atoms with Gasteiger partial charge in [0.1, 0.15) is 0 Å². The lowest BCUT2D eigenvalue weighted by atomic mass is 9.75. The number of benzene rings is 1. The van der Waals surface area contributed by atoms with Gasteiger partial charge in [-0.25, -0.2) is 8.78 Å². The number of nitrogens with two attached hydrogens (primary N) is 1. The Hall–Kier alpha value is -0.960. The van der Waals surface area contributed by atoms with Crippen LogP contribution in [-0.2, 0) is 5.41 Å². The summed E-state index contributed by atoms with van der Waals surface area (Å²) in [5.74, 6) is -2.73. The van der Waals surface area contributed by atoms with Crippen LogP contribution < -0.4 is 5.73 Å². The van der Waals surface area contributed by atoms with E-state index in [-0.39, 0.29) is 6.42 Å². The third-order valence-corrected chi connectivity index (χ3v) is 3.64. The zero-order valence-electron chi connectivity index (χ0n) is 8.93. The first kappa shape index (κ1) is 10.6. The molecule has 1 atom stereocenters. The number of halogens is 2. The van der Waals surface area contributed by atoms with Gasteiger partial charge in [0, 0.05) is 11.8 Å². The van der Waals surface area contributed by atoms with E-state index in [1.54, 1.807) is 13.8 Å². The Morgan fingerprint density at radius 3 is 2.07 bits per heavy atom. The third-order valence-electron chi connectivity index (χ3n) is 3.64. The van der Waals surface area contributed by atoms with Gasteiger partial charge in [0.15, 0.2) is 0 Å². The van der Waals surface area contributed by atoms with E-state index < -0.39 is 16.9 Å². The zero-order chi connectivity index (χ0) is 11.3. The molecule has 0 saturated heterocycles. The molecule has 1 aromatic rings. The highest BCUT2D eigenvalue weighted by atomic mass is 19.3. The Labute approximate surface area is 88.3 Å². The normalized spacial score (nSPS) is 28.9. The molecule has 82 valence electrons. The van der Waals surface area contributed by atoms with Crippen LogP contribution in [0.4, 0.5) is 8.78 Å². The van der Waals surface area contributed by atoms with Crippen molar-refractivity contribution in [1.29, 1.82) is 0 Å². The standard InChI is InChI=1S/C12H15F2N/c1-10(2,9-6-4-3-5-7-9)11(15)8-12(11,13)14/h3-7H,8,15H2,1-2H3. The van der Waals surface area contributed by atoms with E-state index in [4.69, 9.17) is 5.73 Å². The molecule has 2 N–H and O–H groups in total. The van der Waals surface area contributed by atoms with Gasteiger partial charge >= 0.3 is 0 Å². The Kier molecular flexibility index (Phi) is 1.96. The Morgan fingerprint density at radius 1 is 1.20 bits per heavy atom. The van der Waals surface area contributed by atoms with Gasteiger partial charge in [-0.15, -0.1) is 0 Å². The SMILES string of the molecule is CC(C)(c1ccccc1)C1(N)CC1(F)F. The molecular weight excluding hydrogens is 196 g/mol. The quantitative estimate of drug-likeness (QED) is 0.799. The smallest absolute Gasteiger partial charge is 0.268 e. The van der Waals surface area contributed by atoms with Crippen molar-refractivity contribution >= 4 is 0 Å². The summed E-state index contributed by atoms with van der Waals surface area (Å²) >= 11 is 0. The molecule has 3 heteroatoms. The molecule has 0 heterocycles. The largest absolute Gasteiger partial charge is 0.319 e. The minimum Gasteiger partial charge on any atom is -0.319 e. The highest BCUT2D eigenvalue weighted by Crippen LogP contribution is 2.60. The molecule has 1 fully saturated rings. The van der Waals surface area contributed by atoms with Crippen LogP contribution >= 0.6 is 0 Å². The van der Waals surface area contributed by atoms with E-state index in [1.807, 2.05) is 30.3 Å². The minimum atomic E-state index is -2.73. The topological polar surface area (TPSA) is 26.0 Å². The highest BCUT2D eigenvalue weighted by Gasteiger charge is 2.75. The van der Waals surface area contributed by atoms with Crippen molar-refractivity contribution < 1.29 is 8.78 Å². The van der Waals surface area contributed by atoms with Gasteiger partial charge in [-0.3, -0.25) is 0 Å². The van der Waals surface area contributed by atoms with Crippen LogP contribution in [0.25, 0.3) is 0 Å². The molecule has 0 radical (unpaired) electrons. The minimum absolute atomic E-state index is 0.220. The summed E-state index contributed by atoms with van der Waals surface area (Å²) < 4.78 is 26.5. The molecule has 15 heavy (non-hydrogen) atoms. The van der Waals surface area contributed by atoms with Crippen LogP contribution in [0.15, 0.2) is 30.3 Å². The molecule has 0 bridgehead atoms. The maximum atomic E-state index is 13.2. The monoisotopic (exact) mass is 211 g/mol. The van der Waals surface area contributed by atoms with Crippen LogP contribution in [0.2, 0.25) is 0 Å². The second-order valence-electron chi connectivity index (χ2n) is 4.84. The second kappa shape index (κ2) is 2.79. The van der Waals surface area contributed by atoms with Crippen molar-refractivity contribution in [3.63, 3.8) is 0 Å². The molecule has 0 spiro atoms. The van der Waals surface area contributed by atoms with Crippen molar-refractivity contribution in [2.75, 3.05) is 0 Å². The molecule has 1 saturated carbocycles. The van der Waals surface area contributed by atoms with Gasteiger partial charge in [-0.05, 0) is 5.56 Å². The summed E-state index contributed by atoms with van der Waals surface area (Å²) in [6.07, 6.45) is -0.220. The fraction of sp³-hybridized carbons (Fsp3) is 0.500. The first-order chi connectivity index (χ1) is 6.81. The fourth-order valence-corrected chi connectivity index (χ4v) is 2.10. The van der Waals surface area contributed by atoms with Gasteiger partial charge in [0.05, 0.1) is 5.54 Å². The van der Waals surface area contributed by atoms with Crippen molar-refractivity contribution in [1.82, 2.24) is 0 Å². The fourth-order valence-electron chi connectivity index (χ4n) is 2.10. The van der Waals surface area contributed by atoms with Crippen molar-refractivity contribution in [3.05, 3.63) is 35.9 Å². The molecule has 1 aliphatic rings. The number of rotatable bonds is 2. The molecule has 0 aliphatic heterocycles. The molecule has 0 amide bonds. The maximum Gasteiger partial charge on any atom is 0.268 e. The average molecular weight is 211 g/mol. The Morgan fingerprint density at radius 2 is 1.67 bits per heavy atom. The zero-order valence-corrected chi connectivity index (χ0v) is 8.93. The van der Waals surface area contributed by atoms with Crippen LogP contribution in [0.5, 0.6) is 0 Å². The summed E-state index contributed by atoms with van der Waals surface area (Å²) in [7, 11) is 0.